The maximum Gasteiger partial charge on any atom is 0.405 e. The van der Waals surface area contributed by atoms with E-state index < -0.39 is 30.2 Å². The number of rotatable bonds is 5. The minimum Gasteiger partial charge on any atom is -0.439 e. The number of hydrogen-bond donors (Lipinski definition) is 2. The minimum atomic E-state index is -4.44. The van der Waals surface area contributed by atoms with Gasteiger partial charge in [0.25, 0.3) is 0 Å². The number of oxazole rings is 1. The number of amides is 1. The molecule has 1 atom stereocenters. The van der Waals surface area contributed by atoms with Crippen molar-refractivity contribution in [3.05, 3.63) is 36.6 Å². The Morgan fingerprint density at radius 3 is 2.86 bits per heavy atom. The molecule has 0 radical (unpaired) electrons. The van der Waals surface area contributed by atoms with Gasteiger partial charge in [-0.1, -0.05) is 0 Å². The highest BCUT2D eigenvalue weighted by Gasteiger charge is 2.39. The van der Waals surface area contributed by atoms with Crippen molar-refractivity contribution in [3.8, 4) is 11.3 Å². The third kappa shape index (κ3) is 4.68. The van der Waals surface area contributed by atoms with Gasteiger partial charge in [-0.15, -0.1) is 0 Å². The summed E-state index contributed by atoms with van der Waals surface area (Å²) in [7, 11) is 0. The van der Waals surface area contributed by atoms with Crippen LogP contribution in [0, 0.1) is 0 Å². The number of carbonyl (C=O) groups is 1. The van der Waals surface area contributed by atoms with Crippen molar-refractivity contribution >= 4 is 5.91 Å². The number of alkyl halides is 3. The van der Waals surface area contributed by atoms with Crippen LogP contribution in [0.2, 0.25) is 0 Å². The zero-order chi connectivity index (χ0) is 20.4. The van der Waals surface area contributed by atoms with Gasteiger partial charge in [-0.05, 0) is 26.0 Å². The Balaban J connectivity index is 1.69. The molecule has 1 saturated heterocycles. The second kappa shape index (κ2) is 7.88. The molecule has 7 nitrogen and oxygen atoms in total. The zero-order valence-electron chi connectivity index (χ0n) is 15.6. The van der Waals surface area contributed by atoms with E-state index in [-0.39, 0.29) is 6.54 Å². The van der Waals surface area contributed by atoms with E-state index in [0.29, 0.717) is 24.7 Å². The smallest absolute Gasteiger partial charge is 0.405 e. The summed E-state index contributed by atoms with van der Waals surface area (Å²) in [5, 5.41) is 4.89. The van der Waals surface area contributed by atoms with Crippen molar-refractivity contribution in [2.24, 2.45) is 0 Å². The van der Waals surface area contributed by atoms with Gasteiger partial charge in [0, 0.05) is 37.6 Å². The van der Waals surface area contributed by atoms with Gasteiger partial charge in [0.05, 0.1) is 17.8 Å². The van der Waals surface area contributed by atoms with Crippen molar-refractivity contribution in [2.75, 3.05) is 26.2 Å². The van der Waals surface area contributed by atoms with Crippen LogP contribution in [-0.2, 0) is 10.3 Å². The molecule has 0 aliphatic carbocycles. The van der Waals surface area contributed by atoms with E-state index >= 15 is 0 Å². The largest absolute Gasteiger partial charge is 0.439 e. The molecule has 0 aromatic carbocycles. The van der Waals surface area contributed by atoms with Crippen LogP contribution in [0.5, 0.6) is 0 Å². The summed E-state index contributed by atoms with van der Waals surface area (Å²) in [6, 6.07) is 2.90. The fourth-order valence-corrected chi connectivity index (χ4v) is 3.08. The van der Waals surface area contributed by atoms with Crippen LogP contribution in [0.15, 0.2) is 35.1 Å². The molecular formula is C18H22F3N5O2. The van der Waals surface area contributed by atoms with Crippen LogP contribution in [0.1, 0.15) is 19.7 Å². The first-order chi connectivity index (χ1) is 13.2. The van der Waals surface area contributed by atoms with Gasteiger partial charge in [-0.2, -0.15) is 13.2 Å². The maximum absolute atomic E-state index is 12.3. The number of halogens is 3. The minimum absolute atomic E-state index is 0.237. The van der Waals surface area contributed by atoms with Gasteiger partial charge in [-0.25, -0.2) is 4.98 Å². The predicted octanol–water partition coefficient (Wildman–Crippen LogP) is 1.92. The van der Waals surface area contributed by atoms with Crippen molar-refractivity contribution < 1.29 is 22.4 Å². The first kappa shape index (κ1) is 20.3. The van der Waals surface area contributed by atoms with Gasteiger partial charge in [0.2, 0.25) is 11.8 Å². The van der Waals surface area contributed by atoms with E-state index in [1.807, 2.05) is 30.1 Å². The summed E-state index contributed by atoms with van der Waals surface area (Å²) < 4.78 is 42.9. The van der Waals surface area contributed by atoms with Gasteiger partial charge >= 0.3 is 6.18 Å². The normalized spacial score (nSPS) is 18.8. The molecule has 1 amide bonds. The molecule has 0 spiro atoms. The monoisotopic (exact) mass is 397 g/mol. The van der Waals surface area contributed by atoms with Crippen LogP contribution in [0.3, 0.4) is 0 Å². The third-order valence-electron chi connectivity index (χ3n) is 4.72. The highest BCUT2D eigenvalue weighted by atomic mass is 19.4. The van der Waals surface area contributed by atoms with Crippen molar-refractivity contribution in [1.29, 1.82) is 0 Å². The summed E-state index contributed by atoms with van der Waals surface area (Å²) in [5.41, 5.74) is 0.146. The molecule has 2 aromatic heterocycles. The number of carbonyl (C=O) groups excluding carboxylic acids is 1. The van der Waals surface area contributed by atoms with Crippen LogP contribution >= 0.6 is 0 Å². The van der Waals surface area contributed by atoms with Crippen molar-refractivity contribution in [2.45, 2.75) is 31.6 Å². The second-order valence-corrected chi connectivity index (χ2v) is 7.12. The molecule has 3 rings (SSSR count). The summed E-state index contributed by atoms with van der Waals surface area (Å²) in [4.78, 5) is 22.5. The standard InChI is InChI=1S/C18H22F3N5O2/c1-17(2,16-24-9-14(28-16)12-4-3-5-22-8-12)26-7-6-23-13(10-26)15(27)25-11-18(19,20)21/h3-5,8-9,13,23H,6-7,10-11H2,1-2H3,(H,25,27)/t13-/m0/s1. The van der Waals surface area contributed by atoms with Crippen LogP contribution in [0.25, 0.3) is 11.3 Å². The number of aromatic nitrogens is 2. The molecule has 28 heavy (non-hydrogen) atoms. The second-order valence-electron chi connectivity index (χ2n) is 7.12. The number of pyridine rings is 1. The molecule has 2 aromatic rings. The van der Waals surface area contributed by atoms with Crippen LogP contribution < -0.4 is 10.6 Å². The Hall–Kier alpha value is -2.46. The van der Waals surface area contributed by atoms with Gasteiger partial charge < -0.3 is 15.1 Å². The summed E-state index contributed by atoms with van der Waals surface area (Å²) in [6.45, 7) is 3.76. The third-order valence-corrected chi connectivity index (χ3v) is 4.72. The molecule has 0 saturated carbocycles. The molecule has 1 fully saturated rings. The predicted molar refractivity (Wildman–Crippen MR) is 95.2 cm³/mol. The van der Waals surface area contributed by atoms with Gasteiger partial charge in [0.15, 0.2) is 5.76 Å². The number of hydrogen-bond acceptors (Lipinski definition) is 6. The van der Waals surface area contributed by atoms with Gasteiger partial charge in [-0.3, -0.25) is 14.7 Å². The first-order valence-electron chi connectivity index (χ1n) is 8.86. The average Bonchev–Trinajstić information content (AvgIpc) is 3.17. The summed E-state index contributed by atoms with van der Waals surface area (Å²) >= 11 is 0. The van der Waals surface area contributed by atoms with E-state index in [1.54, 1.807) is 24.7 Å². The molecular weight excluding hydrogens is 375 g/mol. The summed E-state index contributed by atoms with van der Waals surface area (Å²) in [5.74, 6) is 0.356. The zero-order valence-corrected chi connectivity index (χ0v) is 15.6. The Morgan fingerprint density at radius 2 is 2.18 bits per heavy atom. The summed E-state index contributed by atoms with van der Waals surface area (Å²) in [6.07, 6.45) is 0.506. The average molecular weight is 397 g/mol. The topological polar surface area (TPSA) is 83.3 Å². The fraction of sp³-hybridized carbons (Fsp3) is 0.500. The van der Waals surface area contributed by atoms with E-state index in [4.69, 9.17) is 4.42 Å². The number of piperazine rings is 1. The lowest BCUT2D eigenvalue weighted by Gasteiger charge is -2.41. The fourth-order valence-electron chi connectivity index (χ4n) is 3.08. The molecule has 1 aliphatic heterocycles. The van der Waals surface area contributed by atoms with E-state index in [9.17, 15) is 18.0 Å². The Kier molecular flexibility index (Phi) is 5.71. The Morgan fingerprint density at radius 1 is 1.39 bits per heavy atom. The van der Waals surface area contributed by atoms with E-state index in [1.165, 1.54) is 0 Å². The molecule has 0 unspecified atom stereocenters. The van der Waals surface area contributed by atoms with Crippen LogP contribution in [-0.4, -0.2) is 59.2 Å². The highest BCUT2D eigenvalue weighted by Crippen LogP contribution is 2.31. The molecule has 0 bridgehead atoms. The van der Waals surface area contributed by atoms with Gasteiger partial charge in [0.1, 0.15) is 6.54 Å². The highest BCUT2D eigenvalue weighted by molar-refractivity contribution is 5.82. The lowest BCUT2D eigenvalue weighted by Crippen LogP contribution is -2.61. The molecule has 2 N–H and O–H groups in total. The Labute approximate surface area is 160 Å². The number of nitrogens with zero attached hydrogens (tertiary/aromatic N) is 3. The van der Waals surface area contributed by atoms with Crippen molar-refractivity contribution in [1.82, 2.24) is 25.5 Å². The lowest BCUT2D eigenvalue weighted by molar-refractivity contribution is -0.140. The van der Waals surface area contributed by atoms with E-state index in [2.05, 4.69) is 15.3 Å². The van der Waals surface area contributed by atoms with Crippen LogP contribution in [0.4, 0.5) is 13.2 Å². The maximum atomic E-state index is 12.3. The van der Waals surface area contributed by atoms with E-state index in [0.717, 1.165) is 5.56 Å². The molecule has 3 heterocycles. The number of nitrogens with one attached hydrogen (secondary N) is 2. The molecule has 10 heteroatoms. The SMILES string of the molecule is CC(C)(c1ncc(-c2cccnc2)o1)N1CCN[C@H](C(=O)NCC(F)(F)F)C1. The lowest BCUT2D eigenvalue weighted by atomic mass is 10.00. The molecule has 152 valence electrons. The first-order valence-corrected chi connectivity index (χ1v) is 8.86. The quantitative estimate of drug-likeness (QED) is 0.802. The van der Waals surface area contributed by atoms with Crippen molar-refractivity contribution in [3.63, 3.8) is 0 Å². The molecule has 1 aliphatic rings. The Bertz CT molecular complexity index is 807.